The first-order valence-corrected chi connectivity index (χ1v) is 9.86. The van der Waals surface area contributed by atoms with Crippen molar-refractivity contribution in [3.63, 3.8) is 0 Å². The second-order valence-corrected chi connectivity index (χ2v) is 7.87. The minimum atomic E-state index is -1.67. The molecule has 1 fully saturated rings. The van der Waals surface area contributed by atoms with Gasteiger partial charge in [0.2, 0.25) is 5.95 Å². The van der Waals surface area contributed by atoms with Crippen molar-refractivity contribution >= 4 is 28.9 Å². The number of hydrogen-bond donors (Lipinski definition) is 1. The Hall–Kier alpha value is -2.50. The zero-order valence-electron chi connectivity index (χ0n) is 15.5. The van der Waals surface area contributed by atoms with Crippen LogP contribution in [0.2, 0.25) is 0 Å². The van der Waals surface area contributed by atoms with Crippen molar-refractivity contribution in [2.24, 2.45) is 5.92 Å². The SMILES string of the molecule is O=C(C1=CC=C(c2ccccc2)CC1(O)Cl)C1CCN(c2ncccn2)CC1. The molecule has 1 aromatic carbocycles. The molecule has 5 nitrogen and oxygen atoms in total. The molecular formula is C22H22ClN3O2. The van der Waals surface area contributed by atoms with E-state index in [-0.39, 0.29) is 18.1 Å². The molecule has 0 radical (unpaired) electrons. The molecule has 0 bridgehead atoms. The molecule has 1 saturated heterocycles. The molecule has 6 heteroatoms. The van der Waals surface area contributed by atoms with Gasteiger partial charge in [0.1, 0.15) is 0 Å². The average Bonchev–Trinajstić information content (AvgIpc) is 2.74. The standard InChI is InChI=1S/C22H22ClN3O2/c23-22(28)15-18(16-5-2-1-3-6-16)7-8-19(22)20(27)17-9-13-26(14-10-17)21-24-11-4-12-25-21/h1-8,11-12,17,28H,9-10,13-15H2. The quantitative estimate of drug-likeness (QED) is 0.801. The van der Waals surface area contributed by atoms with Crippen molar-refractivity contribution < 1.29 is 9.90 Å². The first kappa shape index (κ1) is 18.8. The zero-order valence-corrected chi connectivity index (χ0v) is 16.2. The maximum Gasteiger partial charge on any atom is 0.225 e. The number of anilines is 1. The fraction of sp³-hybridized carbons (Fsp3) is 0.318. The number of carbonyl (C=O) groups is 1. The summed E-state index contributed by atoms with van der Waals surface area (Å²) in [7, 11) is 0. The summed E-state index contributed by atoms with van der Waals surface area (Å²) in [5, 5.41) is 9.13. The van der Waals surface area contributed by atoms with Crippen LogP contribution in [0.5, 0.6) is 0 Å². The zero-order chi connectivity index (χ0) is 19.6. The third kappa shape index (κ3) is 3.86. The van der Waals surface area contributed by atoms with Crippen LogP contribution < -0.4 is 4.90 Å². The van der Waals surface area contributed by atoms with Gasteiger partial charge in [-0.25, -0.2) is 9.97 Å². The first-order chi connectivity index (χ1) is 13.5. The summed E-state index contributed by atoms with van der Waals surface area (Å²) in [4.78, 5) is 23.7. The van der Waals surface area contributed by atoms with E-state index >= 15 is 0 Å². The number of halogens is 1. The number of ketones is 1. The van der Waals surface area contributed by atoms with Crippen molar-refractivity contribution in [3.8, 4) is 0 Å². The van der Waals surface area contributed by atoms with E-state index in [9.17, 15) is 9.90 Å². The predicted molar refractivity (Wildman–Crippen MR) is 110 cm³/mol. The summed E-state index contributed by atoms with van der Waals surface area (Å²) < 4.78 is 0. The van der Waals surface area contributed by atoms with E-state index in [1.165, 1.54) is 0 Å². The van der Waals surface area contributed by atoms with Crippen LogP contribution in [0.15, 0.2) is 66.5 Å². The van der Waals surface area contributed by atoms with Crippen molar-refractivity contribution in [2.45, 2.75) is 24.3 Å². The van der Waals surface area contributed by atoms with Gasteiger partial charge >= 0.3 is 0 Å². The summed E-state index contributed by atoms with van der Waals surface area (Å²) >= 11 is 6.42. The molecule has 2 heterocycles. The Kier molecular flexibility index (Phi) is 5.29. The first-order valence-electron chi connectivity index (χ1n) is 9.49. The molecule has 1 aromatic heterocycles. The van der Waals surface area contributed by atoms with E-state index < -0.39 is 5.06 Å². The van der Waals surface area contributed by atoms with Gasteiger partial charge in [-0.05, 0) is 30.0 Å². The number of rotatable bonds is 4. The Morgan fingerprint density at radius 2 is 1.75 bits per heavy atom. The summed E-state index contributed by atoms with van der Waals surface area (Å²) in [5.74, 6) is 0.479. The number of benzene rings is 1. The largest absolute Gasteiger partial charge is 0.370 e. The highest BCUT2D eigenvalue weighted by atomic mass is 35.5. The maximum atomic E-state index is 13.1. The molecule has 0 amide bonds. The van der Waals surface area contributed by atoms with Gasteiger partial charge in [-0.3, -0.25) is 4.79 Å². The lowest BCUT2D eigenvalue weighted by Gasteiger charge is -2.34. The number of aliphatic hydroxyl groups is 1. The van der Waals surface area contributed by atoms with Crippen LogP contribution in [0.3, 0.4) is 0 Å². The molecule has 28 heavy (non-hydrogen) atoms. The highest BCUT2D eigenvalue weighted by Gasteiger charge is 2.40. The second kappa shape index (κ2) is 7.86. The van der Waals surface area contributed by atoms with E-state index in [1.807, 2.05) is 36.4 Å². The van der Waals surface area contributed by atoms with Crippen molar-refractivity contribution in [1.29, 1.82) is 0 Å². The smallest absolute Gasteiger partial charge is 0.225 e. The monoisotopic (exact) mass is 395 g/mol. The van der Waals surface area contributed by atoms with Crippen LogP contribution in [0, 0.1) is 5.92 Å². The van der Waals surface area contributed by atoms with Crippen LogP contribution in [-0.4, -0.2) is 39.0 Å². The molecule has 1 unspecified atom stereocenters. The Bertz CT molecular complexity index is 902. The molecule has 0 spiro atoms. The molecule has 1 aliphatic heterocycles. The minimum Gasteiger partial charge on any atom is -0.370 e. The summed E-state index contributed by atoms with van der Waals surface area (Å²) in [6, 6.07) is 11.6. The van der Waals surface area contributed by atoms with Gasteiger partial charge in [-0.15, -0.1) is 0 Å². The lowest BCUT2D eigenvalue weighted by atomic mass is 9.82. The van der Waals surface area contributed by atoms with Crippen molar-refractivity contribution in [2.75, 3.05) is 18.0 Å². The number of piperidine rings is 1. The molecule has 144 valence electrons. The summed E-state index contributed by atoms with van der Waals surface area (Å²) in [6.45, 7) is 1.42. The van der Waals surface area contributed by atoms with Crippen LogP contribution in [0.25, 0.3) is 5.57 Å². The molecule has 1 N–H and O–H groups in total. The third-order valence-corrected chi connectivity index (χ3v) is 5.74. The molecule has 2 aliphatic rings. The number of Topliss-reactive ketones (excluding diaryl/α,β-unsaturated/α-hetero) is 1. The van der Waals surface area contributed by atoms with Crippen LogP contribution in [0.1, 0.15) is 24.8 Å². The van der Waals surface area contributed by atoms with E-state index in [4.69, 9.17) is 11.6 Å². The summed E-state index contributed by atoms with van der Waals surface area (Å²) in [6.07, 6.45) is 8.62. The Morgan fingerprint density at radius 3 is 2.39 bits per heavy atom. The topological polar surface area (TPSA) is 66.3 Å². The molecule has 2 aromatic rings. The number of aromatic nitrogens is 2. The second-order valence-electron chi connectivity index (χ2n) is 7.25. The molecule has 0 saturated carbocycles. The highest BCUT2D eigenvalue weighted by Crippen LogP contribution is 2.39. The van der Waals surface area contributed by atoms with Crippen LogP contribution >= 0.6 is 11.6 Å². The average molecular weight is 396 g/mol. The van der Waals surface area contributed by atoms with E-state index in [1.54, 1.807) is 24.5 Å². The Balaban J connectivity index is 1.47. The van der Waals surface area contributed by atoms with Gasteiger partial charge in [0.05, 0.1) is 0 Å². The molecule has 4 rings (SSSR count). The number of hydrogen-bond acceptors (Lipinski definition) is 5. The summed E-state index contributed by atoms with van der Waals surface area (Å²) in [5.41, 5.74) is 2.22. The van der Waals surface area contributed by atoms with Gasteiger partial charge in [0.25, 0.3) is 0 Å². The predicted octanol–water partition coefficient (Wildman–Crippen LogP) is 3.60. The number of nitrogens with zero attached hydrogens (tertiary/aromatic N) is 3. The van der Waals surface area contributed by atoms with E-state index in [2.05, 4.69) is 14.9 Å². The van der Waals surface area contributed by atoms with E-state index in [0.717, 1.165) is 11.1 Å². The van der Waals surface area contributed by atoms with Gasteiger partial charge < -0.3 is 10.0 Å². The van der Waals surface area contributed by atoms with Crippen molar-refractivity contribution in [3.05, 3.63) is 72.1 Å². The lowest BCUT2D eigenvalue weighted by Crippen LogP contribution is -2.40. The molecular weight excluding hydrogens is 374 g/mol. The minimum absolute atomic E-state index is 0.0607. The molecule has 1 aliphatic carbocycles. The fourth-order valence-electron chi connectivity index (χ4n) is 3.86. The third-order valence-electron chi connectivity index (χ3n) is 5.40. The Morgan fingerprint density at radius 1 is 1.07 bits per heavy atom. The van der Waals surface area contributed by atoms with Crippen LogP contribution in [-0.2, 0) is 4.79 Å². The molecule has 1 atom stereocenters. The number of alkyl halides is 1. The van der Waals surface area contributed by atoms with E-state index in [0.29, 0.717) is 37.5 Å². The van der Waals surface area contributed by atoms with Gasteiger partial charge in [-0.1, -0.05) is 54.1 Å². The van der Waals surface area contributed by atoms with Crippen LogP contribution in [0.4, 0.5) is 5.95 Å². The fourth-order valence-corrected chi connectivity index (χ4v) is 4.16. The maximum absolute atomic E-state index is 13.1. The van der Waals surface area contributed by atoms with Gasteiger partial charge in [-0.2, -0.15) is 0 Å². The normalized spacial score (nSPS) is 23.1. The number of carbonyl (C=O) groups excluding carboxylic acids is 1. The van der Waals surface area contributed by atoms with Gasteiger partial charge in [0.15, 0.2) is 10.8 Å². The Labute approximate surface area is 169 Å². The van der Waals surface area contributed by atoms with Gasteiger partial charge in [0, 0.05) is 43.4 Å². The van der Waals surface area contributed by atoms with Crippen molar-refractivity contribution in [1.82, 2.24) is 9.97 Å². The number of allylic oxidation sites excluding steroid dienone is 2. The lowest BCUT2D eigenvalue weighted by molar-refractivity contribution is -0.121. The highest BCUT2D eigenvalue weighted by molar-refractivity contribution is 6.29.